The fraction of sp³-hybridized carbons (Fsp3) is 0.308. The number of rotatable bonds is 4. The number of nitrogens with two attached hydrogens (primary N) is 1. The molecule has 0 fully saturated rings. The van der Waals surface area contributed by atoms with E-state index in [2.05, 4.69) is 6.58 Å². The highest BCUT2D eigenvalue weighted by Gasteiger charge is 2.06. The molecule has 1 rings (SSSR count). The number of ether oxygens (including phenoxy) is 1. The smallest absolute Gasteiger partial charge is 0.308 e. The van der Waals surface area contributed by atoms with Crippen LogP contribution in [-0.2, 0) is 4.79 Å². The minimum atomic E-state index is -0.320. The Bertz CT molecular complexity index is 381. The van der Waals surface area contributed by atoms with Crippen molar-refractivity contribution in [3.05, 3.63) is 42.0 Å². The van der Waals surface area contributed by atoms with Crippen molar-refractivity contribution < 1.29 is 9.53 Å². The topological polar surface area (TPSA) is 52.3 Å². The first-order valence-electron chi connectivity index (χ1n) is 5.17. The van der Waals surface area contributed by atoms with Gasteiger partial charge in [-0.05, 0) is 31.0 Å². The highest BCUT2D eigenvalue weighted by molar-refractivity contribution is 5.69. The van der Waals surface area contributed by atoms with E-state index < -0.39 is 0 Å². The molecule has 0 amide bonds. The average molecular weight is 219 g/mol. The van der Waals surface area contributed by atoms with E-state index in [1.54, 1.807) is 12.1 Å². The normalized spacial score (nSPS) is 11.9. The molecule has 86 valence electrons. The molecule has 0 aromatic heterocycles. The molecular weight excluding hydrogens is 202 g/mol. The lowest BCUT2D eigenvalue weighted by atomic mass is 10.0. The fourth-order valence-corrected chi connectivity index (χ4v) is 1.44. The van der Waals surface area contributed by atoms with Crippen LogP contribution in [0.15, 0.2) is 36.4 Å². The van der Waals surface area contributed by atoms with E-state index in [1.807, 2.05) is 19.1 Å². The summed E-state index contributed by atoms with van der Waals surface area (Å²) in [6, 6.07) is 7.17. The van der Waals surface area contributed by atoms with Gasteiger partial charge < -0.3 is 10.5 Å². The molecule has 0 aliphatic rings. The van der Waals surface area contributed by atoms with Crippen molar-refractivity contribution >= 4 is 5.97 Å². The summed E-state index contributed by atoms with van der Waals surface area (Å²) in [6.07, 6.45) is 0.757. The molecule has 1 aromatic rings. The van der Waals surface area contributed by atoms with Crippen LogP contribution >= 0.6 is 0 Å². The van der Waals surface area contributed by atoms with Gasteiger partial charge in [0.1, 0.15) is 5.75 Å². The summed E-state index contributed by atoms with van der Waals surface area (Å²) in [6.45, 7) is 7.16. The third-order valence-electron chi connectivity index (χ3n) is 2.14. The Hall–Kier alpha value is -1.61. The summed E-state index contributed by atoms with van der Waals surface area (Å²) < 4.78 is 4.93. The summed E-state index contributed by atoms with van der Waals surface area (Å²) in [5, 5.41) is 0. The maximum absolute atomic E-state index is 10.7. The molecule has 16 heavy (non-hydrogen) atoms. The predicted molar refractivity (Wildman–Crippen MR) is 64.1 cm³/mol. The third kappa shape index (κ3) is 3.87. The maximum Gasteiger partial charge on any atom is 0.308 e. The summed E-state index contributed by atoms with van der Waals surface area (Å²) in [7, 11) is 0. The van der Waals surface area contributed by atoms with E-state index in [1.165, 1.54) is 6.92 Å². The van der Waals surface area contributed by atoms with Gasteiger partial charge in [-0.3, -0.25) is 4.79 Å². The highest BCUT2D eigenvalue weighted by atomic mass is 16.5. The van der Waals surface area contributed by atoms with Gasteiger partial charge >= 0.3 is 5.97 Å². The Balaban J connectivity index is 2.70. The number of benzene rings is 1. The maximum atomic E-state index is 10.7. The Morgan fingerprint density at radius 2 is 1.94 bits per heavy atom. The van der Waals surface area contributed by atoms with Crippen molar-refractivity contribution in [3.63, 3.8) is 0 Å². The Morgan fingerprint density at radius 1 is 1.38 bits per heavy atom. The quantitative estimate of drug-likeness (QED) is 0.481. The van der Waals surface area contributed by atoms with Gasteiger partial charge in [-0.2, -0.15) is 0 Å². The molecule has 0 spiro atoms. The van der Waals surface area contributed by atoms with Gasteiger partial charge in [0.15, 0.2) is 0 Å². The molecule has 3 heteroatoms. The van der Waals surface area contributed by atoms with Crippen LogP contribution < -0.4 is 10.5 Å². The standard InChI is InChI=1S/C13H17NO2/c1-9(2)8-13(14)11-4-6-12(7-5-11)16-10(3)15/h4-7,13H,1,8,14H2,2-3H3/t13-/m0/s1. The van der Waals surface area contributed by atoms with Crippen LogP contribution in [0.3, 0.4) is 0 Å². The van der Waals surface area contributed by atoms with Crippen LogP contribution in [0.4, 0.5) is 0 Å². The summed E-state index contributed by atoms with van der Waals surface area (Å²) in [5.74, 6) is 0.220. The van der Waals surface area contributed by atoms with Crippen molar-refractivity contribution in [1.82, 2.24) is 0 Å². The molecule has 0 heterocycles. The second kappa shape index (κ2) is 5.47. The molecule has 0 radical (unpaired) electrons. The van der Waals surface area contributed by atoms with Gasteiger partial charge in [-0.1, -0.05) is 17.7 Å². The lowest BCUT2D eigenvalue weighted by Crippen LogP contribution is -2.10. The zero-order chi connectivity index (χ0) is 12.1. The van der Waals surface area contributed by atoms with Crippen LogP contribution in [0.2, 0.25) is 0 Å². The van der Waals surface area contributed by atoms with E-state index in [9.17, 15) is 4.79 Å². The van der Waals surface area contributed by atoms with Crippen LogP contribution in [0.5, 0.6) is 5.75 Å². The van der Waals surface area contributed by atoms with E-state index in [0.717, 1.165) is 17.6 Å². The molecule has 1 atom stereocenters. The first kappa shape index (κ1) is 12.5. The molecule has 3 nitrogen and oxygen atoms in total. The van der Waals surface area contributed by atoms with Crippen LogP contribution in [0, 0.1) is 0 Å². The van der Waals surface area contributed by atoms with Gasteiger partial charge in [0.05, 0.1) is 0 Å². The summed E-state index contributed by atoms with van der Waals surface area (Å²) >= 11 is 0. The van der Waals surface area contributed by atoms with Crippen LogP contribution in [0.1, 0.15) is 31.9 Å². The first-order valence-corrected chi connectivity index (χ1v) is 5.17. The van der Waals surface area contributed by atoms with Crippen molar-refractivity contribution in [2.45, 2.75) is 26.3 Å². The third-order valence-corrected chi connectivity index (χ3v) is 2.14. The van der Waals surface area contributed by atoms with Crippen LogP contribution in [-0.4, -0.2) is 5.97 Å². The molecule has 0 aliphatic heterocycles. The van der Waals surface area contributed by atoms with E-state index in [4.69, 9.17) is 10.5 Å². The molecule has 0 saturated heterocycles. The molecule has 0 unspecified atom stereocenters. The number of carbonyl (C=O) groups excluding carboxylic acids is 1. The summed E-state index contributed by atoms with van der Waals surface area (Å²) in [4.78, 5) is 10.7. The minimum Gasteiger partial charge on any atom is -0.427 e. The van der Waals surface area contributed by atoms with Crippen molar-refractivity contribution in [2.24, 2.45) is 5.73 Å². The van der Waals surface area contributed by atoms with Gasteiger partial charge in [-0.25, -0.2) is 0 Å². The lowest BCUT2D eigenvalue weighted by Gasteiger charge is -2.12. The average Bonchev–Trinajstić information content (AvgIpc) is 2.16. The van der Waals surface area contributed by atoms with Gasteiger partial charge in [-0.15, -0.1) is 6.58 Å². The second-order valence-corrected chi connectivity index (χ2v) is 3.93. The Labute approximate surface area is 95.9 Å². The zero-order valence-electron chi connectivity index (χ0n) is 9.69. The highest BCUT2D eigenvalue weighted by Crippen LogP contribution is 2.20. The van der Waals surface area contributed by atoms with Crippen molar-refractivity contribution in [2.75, 3.05) is 0 Å². The van der Waals surface area contributed by atoms with Gasteiger partial charge in [0.2, 0.25) is 0 Å². The lowest BCUT2D eigenvalue weighted by molar-refractivity contribution is -0.131. The number of carbonyl (C=O) groups is 1. The first-order chi connectivity index (χ1) is 7.49. The monoisotopic (exact) mass is 219 g/mol. The van der Waals surface area contributed by atoms with Gasteiger partial charge in [0.25, 0.3) is 0 Å². The number of esters is 1. The molecule has 1 aromatic carbocycles. The molecule has 0 saturated carbocycles. The second-order valence-electron chi connectivity index (χ2n) is 3.93. The number of hydrogen-bond donors (Lipinski definition) is 1. The molecule has 0 bridgehead atoms. The minimum absolute atomic E-state index is 0.0520. The number of hydrogen-bond acceptors (Lipinski definition) is 3. The van der Waals surface area contributed by atoms with E-state index in [-0.39, 0.29) is 12.0 Å². The van der Waals surface area contributed by atoms with Crippen molar-refractivity contribution in [3.8, 4) is 5.75 Å². The summed E-state index contributed by atoms with van der Waals surface area (Å²) in [5.41, 5.74) is 8.04. The molecule has 2 N–H and O–H groups in total. The molecular formula is C13H17NO2. The Kier molecular flexibility index (Phi) is 4.26. The van der Waals surface area contributed by atoms with E-state index >= 15 is 0 Å². The van der Waals surface area contributed by atoms with Gasteiger partial charge in [0, 0.05) is 13.0 Å². The van der Waals surface area contributed by atoms with Crippen LogP contribution in [0.25, 0.3) is 0 Å². The SMILES string of the molecule is C=C(C)C[C@H](N)c1ccc(OC(C)=O)cc1. The zero-order valence-corrected chi connectivity index (χ0v) is 9.69. The fourth-order valence-electron chi connectivity index (χ4n) is 1.44. The predicted octanol–water partition coefficient (Wildman–Crippen LogP) is 2.58. The largest absolute Gasteiger partial charge is 0.427 e. The van der Waals surface area contributed by atoms with Crippen molar-refractivity contribution in [1.29, 1.82) is 0 Å². The Morgan fingerprint density at radius 3 is 2.38 bits per heavy atom. The van der Waals surface area contributed by atoms with E-state index in [0.29, 0.717) is 5.75 Å². The molecule has 0 aliphatic carbocycles.